The van der Waals surface area contributed by atoms with Crippen LogP contribution in [0.3, 0.4) is 0 Å². The van der Waals surface area contributed by atoms with E-state index in [0.717, 1.165) is 19.3 Å². The first-order valence-corrected chi connectivity index (χ1v) is 4.88. The molecule has 0 heterocycles. The molecular formula is C11H18O. The maximum absolute atomic E-state index is 11.4. The summed E-state index contributed by atoms with van der Waals surface area (Å²) in [6, 6.07) is 0. The molecule has 0 aromatic rings. The molecule has 0 N–H and O–H groups in total. The van der Waals surface area contributed by atoms with Gasteiger partial charge in [0.2, 0.25) is 0 Å². The summed E-state index contributed by atoms with van der Waals surface area (Å²) in [7, 11) is 0. The molecule has 1 aliphatic rings. The SMILES string of the molecule is CC(C)C(=O)CC1CC=CCC1. The third-order valence-electron chi connectivity index (χ3n) is 2.51. The molecule has 12 heavy (non-hydrogen) atoms. The van der Waals surface area contributed by atoms with Crippen molar-refractivity contribution in [1.29, 1.82) is 0 Å². The van der Waals surface area contributed by atoms with E-state index in [0.29, 0.717) is 11.7 Å². The molecule has 0 bridgehead atoms. The van der Waals surface area contributed by atoms with Gasteiger partial charge in [0.05, 0.1) is 0 Å². The maximum Gasteiger partial charge on any atom is 0.135 e. The molecule has 68 valence electrons. The molecule has 1 aliphatic carbocycles. The number of carbonyl (C=O) groups is 1. The van der Waals surface area contributed by atoms with E-state index in [4.69, 9.17) is 0 Å². The normalized spacial score (nSPS) is 23.1. The predicted molar refractivity (Wildman–Crippen MR) is 50.9 cm³/mol. The van der Waals surface area contributed by atoms with E-state index in [-0.39, 0.29) is 5.92 Å². The fourth-order valence-corrected chi connectivity index (χ4v) is 1.56. The second kappa shape index (κ2) is 4.44. The fourth-order valence-electron chi connectivity index (χ4n) is 1.56. The first-order chi connectivity index (χ1) is 5.70. The van der Waals surface area contributed by atoms with Gasteiger partial charge in [0, 0.05) is 12.3 Å². The molecule has 1 unspecified atom stereocenters. The van der Waals surface area contributed by atoms with E-state index >= 15 is 0 Å². The van der Waals surface area contributed by atoms with Crippen molar-refractivity contribution < 1.29 is 4.79 Å². The third kappa shape index (κ3) is 2.80. The number of hydrogen-bond donors (Lipinski definition) is 0. The van der Waals surface area contributed by atoms with Gasteiger partial charge in [-0.05, 0) is 25.2 Å². The summed E-state index contributed by atoms with van der Waals surface area (Å²) in [5.74, 6) is 1.27. The average Bonchev–Trinajstić information content (AvgIpc) is 2.06. The first-order valence-electron chi connectivity index (χ1n) is 4.88. The Labute approximate surface area is 74.9 Å². The molecule has 1 atom stereocenters. The molecule has 0 saturated carbocycles. The van der Waals surface area contributed by atoms with Gasteiger partial charge >= 0.3 is 0 Å². The van der Waals surface area contributed by atoms with E-state index in [1.807, 2.05) is 13.8 Å². The van der Waals surface area contributed by atoms with Gasteiger partial charge in [-0.15, -0.1) is 0 Å². The lowest BCUT2D eigenvalue weighted by atomic mass is 9.87. The molecule has 0 saturated heterocycles. The largest absolute Gasteiger partial charge is 0.299 e. The van der Waals surface area contributed by atoms with Gasteiger partial charge in [0.25, 0.3) is 0 Å². The zero-order chi connectivity index (χ0) is 8.97. The van der Waals surface area contributed by atoms with Crippen LogP contribution in [-0.4, -0.2) is 5.78 Å². The van der Waals surface area contributed by atoms with Crippen LogP contribution in [0.5, 0.6) is 0 Å². The highest BCUT2D eigenvalue weighted by Gasteiger charge is 2.16. The van der Waals surface area contributed by atoms with Crippen molar-refractivity contribution in [2.75, 3.05) is 0 Å². The molecule has 1 heteroatoms. The van der Waals surface area contributed by atoms with Crippen molar-refractivity contribution in [3.05, 3.63) is 12.2 Å². The monoisotopic (exact) mass is 166 g/mol. The van der Waals surface area contributed by atoms with Crippen molar-refractivity contribution in [1.82, 2.24) is 0 Å². The minimum Gasteiger partial charge on any atom is -0.299 e. The zero-order valence-electron chi connectivity index (χ0n) is 8.05. The fraction of sp³-hybridized carbons (Fsp3) is 0.727. The highest BCUT2D eigenvalue weighted by molar-refractivity contribution is 5.80. The smallest absolute Gasteiger partial charge is 0.135 e. The lowest BCUT2D eigenvalue weighted by Gasteiger charge is -2.17. The Balaban J connectivity index is 2.31. The Bertz CT molecular complexity index is 179. The van der Waals surface area contributed by atoms with Crippen LogP contribution < -0.4 is 0 Å². The standard InChI is InChI=1S/C11H18O/c1-9(2)11(12)8-10-6-4-3-5-7-10/h3-4,9-10H,5-8H2,1-2H3. The lowest BCUT2D eigenvalue weighted by molar-refractivity contribution is -0.122. The quantitative estimate of drug-likeness (QED) is 0.589. The van der Waals surface area contributed by atoms with Gasteiger partial charge in [0.15, 0.2) is 0 Å². The number of rotatable bonds is 3. The zero-order valence-corrected chi connectivity index (χ0v) is 8.05. The summed E-state index contributed by atoms with van der Waals surface area (Å²) < 4.78 is 0. The summed E-state index contributed by atoms with van der Waals surface area (Å²) in [5.41, 5.74) is 0. The first kappa shape index (κ1) is 9.50. The number of carbonyl (C=O) groups excluding carboxylic acids is 1. The van der Waals surface area contributed by atoms with Gasteiger partial charge in [-0.2, -0.15) is 0 Å². The highest BCUT2D eigenvalue weighted by atomic mass is 16.1. The third-order valence-corrected chi connectivity index (χ3v) is 2.51. The molecule has 0 amide bonds. The van der Waals surface area contributed by atoms with Crippen LogP contribution in [0.15, 0.2) is 12.2 Å². The minimum absolute atomic E-state index is 0.218. The number of Topliss-reactive ketones (excluding diaryl/α,β-unsaturated/α-hetero) is 1. The predicted octanol–water partition coefficient (Wildman–Crippen LogP) is 2.96. The molecule has 0 radical (unpaired) electrons. The molecule has 0 aromatic heterocycles. The van der Waals surface area contributed by atoms with Crippen LogP contribution >= 0.6 is 0 Å². The van der Waals surface area contributed by atoms with E-state index in [9.17, 15) is 4.79 Å². The Morgan fingerprint density at radius 1 is 1.50 bits per heavy atom. The lowest BCUT2D eigenvalue weighted by Crippen LogP contribution is -2.14. The Hall–Kier alpha value is -0.590. The van der Waals surface area contributed by atoms with Crippen molar-refractivity contribution in [2.24, 2.45) is 11.8 Å². The minimum atomic E-state index is 0.218. The van der Waals surface area contributed by atoms with E-state index in [1.165, 1.54) is 6.42 Å². The van der Waals surface area contributed by atoms with Crippen molar-refractivity contribution in [3.8, 4) is 0 Å². The Morgan fingerprint density at radius 2 is 2.25 bits per heavy atom. The van der Waals surface area contributed by atoms with Crippen LogP contribution in [0.25, 0.3) is 0 Å². The second-order valence-corrected chi connectivity index (χ2v) is 3.98. The highest BCUT2D eigenvalue weighted by Crippen LogP contribution is 2.22. The topological polar surface area (TPSA) is 17.1 Å². The molecule has 0 fully saturated rings. The maximum atomic E-state index is 11.4. The summed E-state index contributed by atoms with van der Waals surface area (Å²) >= 11 is 0. The van der Waals surface area contributed by atoms with Gasteiger partial charge in [0.1, 0.15) is 5.78 Å². The summed E-state index contributed by atoms with van der Waals surface area (Å²) in [5, 5.41) is 0. The summed E-state index contributed by atoms with van der Waals surface area (Å²) in [4.78, 5) is 11.4. The number of allylic oxidation sites excluding steroid dienone is 2. The van der Waals surface area contributed by atoms with Gasteiger partial charge in [-0.25, -0.2) is 0 Å². The van der Waals surface area contributed by atoms with Gasteiger partial charge in [-0.3, -0.25) is 4.79 Å². The average molecular weight is 166 g/mol. The van der Waals surface area contributed by atoms with Crippen molar-refractivity contribution in [3.63, 3.8) is 0 Å². The van der Waals surface area contributed by atoms with Crippen molar-refractivity contribution >= 4 is 5.78 Å². The Kier molecular flexibility index (Phi) is 3.51. The summed E-state index contributed by atoms with van der Waals surface area (Å²) in [6.45, 7) is 3.97. The van der Waals surface area contributed by atoms with Crippen LogP contribution in [0.1, 0.15) is 39.5 Å². The van der Waals surface area contributed by atoms with Gasteiger partial charge in [-0.1, -0.05) is 26.0 Å². The van der Waals surface area contributed by atoms with Crippen LogP contribution in [0.2, 0.25) is 0 Å². The number of ketones is 1. The van der Waals surface area contributed by atoms with Crippen molar-refractivity contribution in [2.45, 2.75) is 39.5 Å². The number of hydrogen-bond acceptors (Lipinski definition) is 1. The van der Waals surface area contributed by atoms with Crippen LogP contribution in [0, 0.1) is 11.8 Å². The molecule has 0 aliphatic heterocycles. The van der Waals surface area contributed by atoms with E-state index in [2.05, 4.69) is 12.2 Å². The molecule has 1 nitrogen and oxygen atoms in total. The summed E-state index contributed by atoms with van der Waals surface area (Å²) in [6.07, 6.45) is 8.70. The molecule has 0 spiro atoms. The van der Waals surface area contributed by atoms with E-state index < -0.39 is 0 Å². The van der Waals surface area contributed by atoms with Crippen LogP contribution in [-0.2, 0) is 4.79 Å². The Morgan fingerprint density at radius 3 is 2.75 bits per heavy atom. The van der Waals surface area contributed by atoms with Crippen LogP contribution in [0.4, 0.5) is 0 Å². The second-order valence-electron chi connectivity index (χ2n) is 3.98. The molecule has 0 aromatic carbocycles. The molecular weight excluding hydrogens is 148 g/mol. The van der Waals surface area contributed by atoms with E-state index in [1.54, 1.807) is 0 Å². The molecule has 1 rings (SSSR count). The van der Waals surface area contributed by atoms with Gasteiger partial charge < -0.3 is 0 Å².